The highest BCUT2D eigenvalue weighted by atomic mass is 35.5. The van der Waals surface area contributed by atoms with E-state index in [2.05, 4.69) is 10.1 Å². The summed E-state index contributed by atoms with van der Waals surface area (Å²) in [5, 5.41) is 14.3. The molecule has 0 spiro atoms. The van der Waals surface area contributed by atoms with Crippen molar-refractivity contribution in [1.29, 1.82) is 0 Å². The fourth-order valence-corrected chi connectivity index (χ4v) is 3.23. The molecular weight excluding hydrogens is 453 g/mol. The Morgan fingerprint density at radius 1 is 1.07 bits per heavy atom. The van der Waals surface area contributed by atoms with Crippen LogP contribution in [0.5, 0.6) is 5.75 Å². The molecule has 2 aromatic rings. The van der Waals surface area contributed by atoms with E-state index in [0.717, 1.165) is 24.3 Å². The van der Waals surface area contributed by atoms with Gasteiger partial charge in [0.25, 0.3) is 5.69 Å². The van der Waals surface area contributed by atoms with Gasteiger partial charge in [-0.05, 0) is 23.8 Å². The molecule has 6 nitrogen and oxygen atoms in total. The number of nitrogens with one attached hydrogen (secondary N) is 1. The van der Waals surface area contributed by atoms with Gasteiger partial charge < -0.3 is 10.1 Å². The van der Waals surface area contributed by atoms with Gasteiger partial charge in [-0.15, -0.1) is 38.0 Å². The highest BCUT2D eigenvalue weighted by Gasteiger charge is 2.32. The van der Waals surface area contributed by atoms with Crippen molar-refractivity contribution >= 4 is 30.5 Å². The largest absolute Gasteiger partial charge is 0.573 e. The van der Waals surface area contributed by atoms with Gasteiger partial charge in [-0.25, -0.2) is 4.39 Å². The molecule has 1 aliphatic heterocycles. The molecule has 3 rings (SSSR count). The molecule has 0 aromatic heterocycles. The molecule has 0 unspecified atom stereocenters. The molecule has 0 bridgehead atoms. The Kier molecular flexibility index (Phi) is 9.29. The number of ether oxygens (including phenoxy) is 1. The maximum Gasteiger partial charge on any atom is 0.573 e. The van der Waals surface area contributed by atoms with Gasteiger partial charge in [0, 0.05) is 43.9 Å². The third-order valence-corrected chi connectivity index (χ3v) is 4.43. The van der Waals surface area contributed by atoms with Gasteiger partial charge in [0.15, 0.2) is 0 Å². The van der Waals surface area contributed by atoms with E-state index < -0.39 is 28.9 Å². The Labute approximate surface area is 182 Å². The van der Waals surface area contributed by atoms with Crippen molar-refractivity contribution in [2.75, 3.05) is 26.2 Å². The molecule has 1 heterocycles. The molecule has 1 N–H and O–H groups in total. The highest BCUT2D eigenvalue weighted by molar-refractivity contribution is 5.85. The van der Waals surface area contributed by atoms with Crippen LogP contribution in [-0.2, 0) is 0 Å². The van der Waals surface area contributed by atoms with Gasteiger partial charge in [-0.1, -0.05) is 12.1 Å². The number of benzene rings is 2. The Hall–Kier alpha value is -2.14. The van der Waals surface area contributed by atoms with Crippen molar-refractivity contribution in [3.8, 4) is 5.75 Å². The number of piperazine rings is 1. The van der Waals surface area contributed by atoms with E-state index in [1.807, 2.05) is 4.90 Å². The first-order valence-electron chi connectivity index (χ1n) is 8.49. The SMILES string of the molecule is Cl.Cl.O=[N+]([O-])c1ccc(F)c([C@@H](c2ccc(OC(F)(F)F)cc2)N2CCNCC2)c1. The van der Waals surface area contributed by atoms with E-state index in [-0.39, 0.29) is 36.1 Å². The van der Waals surface area contributed by atoms with Gasteiger partial charge in [0.2, 0.25) is 0 Å². The van der Waals surface area contributed by atoms with Crippen molar-refractivity contribution in [1.82, 2.24) is 10.2 Å². The zero-order chi connectivity index (χ0) is 20.3. The van der Waals surface area contributed by atoms with Crippen LogP contribution in [0.15, 0.2) is 42.5 Å². The normalized spacial score (nSPS) is 15.5. The summed E-state index contributed by atoms with van der Waals surface area (Å²) in [6, 6.07) is 7.71. The van der Waals surface area contributed by atoms with E-state index in [1.54, 1.807) is 0 Å². The maximum atomic E-state index is 14.6. The fraction of sp³-hybridized carbons (Fsp3) is 0.333. The molecule has 1 fully saturated rings. The molecule has 1 saturated heterocycles. The molecule has 166 valence electrons. The summed E-state index contributed by atoms with van der Waals surface area (Å²) < 4.78 is 55.6. The van der Waals surface area contributed by atoms with Crippen molar-refractivity contribution in [3.63, 3.8) is 0 Å². The second-order valence-corrected chi connectivity index (χ2v) is 6.27. The molecule has 0 aliphatic carbocycles. The number of nitro groups is 1. The number of non-ortho nitro benzene ring substituents is 1. The summed E-state index contributed by atoms with van der Waals surface area (Å²) in [7, 11) is 0. The van der Waals surface area contributed by atoms with E-state index in [4.69, 9.17) is 0 Å². The predicted octanol–water partition coefficient (Wildman–Crippen LogP) is 4.47. The summed E-state index contributed by atoms with van der Waals surface area (Å²) in [5.74, 6) is -1.01. The molecule has 12 heteroatoms. The van der Waals surface area contributed by atoms with Crippen LogP contribution in [0.25, 0.3) is 0 Å². The Morgan fingerprint density at radius 2 is 1.67 bits per heavy atom. The van der Waals surface area contributed by atoms with Crippen LogP contribution < -0.4 is 10.1 Å². The summed E-state index contributed by atoms with van der Waals surface area (Å²) >= 11 is 0. The summed E-state index contributed by atoms with van der Waals surface area (Å²) in [6.45, 7) is 2.38. The average molecular weight is 472 g/mol. The maximum absolute atomic E-state index is 14.6. The molecule has 2 aromatic carbocycles. The van der Waals surface area contributed by atoms with Gasteiger partial charge in [0.1, 0.15) is 11.6 Å². The number of nitro benzene ring substituents is 1. The van der Waals surface area contributed by atoms with Crippen LogP contribution in [0.4, 0.5) is 23.2 Å². The minimum Gasteiger partial charge on any atom is -0.406 e. The topological polar surface area (TPSA) is 67.6 Å². The zero-order valence-electron chi connectivity index (χ0n) is 15.4. The minimum atomic E-state index is -4.81. The summed E-state index contributed by atoms with van der Waals surface area (Å²) in [5.41, 5.74) is 0.352. The molecular formula is C18H19Cl2F4N3O3. The van der Waals surface area contributed by atoms with Crippen LogP contribution in [0.1, 0.15) is 17.2 Å². The highest BCUT2D eigenvalue weighted by Crippen LogP contribution is 2.34. The van der Waals surface area contributed by atoms with E-state index in [0.29, 0.717) is 31.7 Å². The van der Waals surface area contributed by atoms with Crippen LogP contribution in [0.3, 0.4) is 0 Å². The van der Waals surface area contributed by atoms with Crippen molar-refractivity contribution in [3.05, 3.63) is 69.5 Å². The lowest BCUT2D eigenvalue weighted by Crippen LogP contribution is -2.45. The van der Waals surface area contributed by atoms with Crippen molar-refractivity contribution in [2.45, 2.75) is 12.4 Å². The van der Waals surface area contributed by atoms with Gasteiger partial charge in [0.05, 0.1) is 11.0 Å². The standard InChI is InChI=1S/C18H17F4N3O3.2ClH/c19-16-6-3-13(25(26)27)11-15(16)17(24-9-7-23-8-10-24)12-1-4-14(5-2-12)28-18(20,21)22;;/h1-6,11,17,23H,7-10H2;2*1H/t17-;;/m1../s1. The number of hydrogen-bond donors (Lipinski definition) is 1. The number of alkyl halides is 3. The molecule has 0 amide bonds. The van der Waals surface area contributed by atoms with Gasteiger partial charge in [-0.3, -0.25) is 15.0 Å². The number of hydrogen-bond acceptors (Lipinski definition) is 5. The first kappa shape index (κ1) is 25.9. The van der Waals surface area contributed by atoms with Crippen LogP contribution in [0, 0.1) is 15.9 Å². The van der Waals surface area contributed by atoms with Crippen LogP contribution in [-0.4, -0.2) is 42.4 Å². The minimum absolute atomic E-state index is 0. The lowest BCUT2D eigenvalue weighted by molar-refractivity contribution is -0.385. The van der Waals surface area contributed by atoms with Crippen molar-refractivity contribution < 1.29 is 27.2 Å². The number of nitrogens with zero attached hydrogens (tertiary/aromatic N) is 2. The van der Waals surface area contributed by atoms with E-state index in [1.165, 1.54) is 18.2 Å². The third-order valence-electron chi connectivity index (χ3n) is 4.43. The van der Waals surface area contributed by atoms with Gasteiger partial charge in [-0.2, -0.15) is 0 Å². The lowest BCUT2D eigenvalue weighted by Gasteiger charge is -2.35. The number of halogens is 6. The second-order valence-electron chi connectivity index (χ2n) is 6.27. The summed E-state index contributed by atoms with van der Waals surface area (Å²) in [6.07, 6.45) is -4.81. The zero-order valence-corrected chi connectivity index (χ0v) is 17.0. The molecule has 1 aliphatic rings. The van der Waals surface area contributed by atoms with Gasteiger partial charge >= 0.3 is 6.36 Å². The summed E-state index contributed by atoms with van der Waals surface area (Å²) in [4.78, 5) is 12.4. The van der Waals surface area contributed by atoms with Crippen LogP contribution in [0.2, 0.25) is 0 Å². The third kappa shape index (κ3) is 6.43. The Balaban J connectivity index is 0.00000225. The Bertz CT molecular complexity index is 848. The van der Waals surface area contributed by atoms with E-state index in [9.17, 15) is 27.7 Å². The molecule has 0 saturated carbocycles. The lowest BCUT2D eigenvalue weighted by atomic mass is 9.95. The molecule has 30 heavy (non-hydrogen) atoms. The molecule has 0 radical (unpaired) electrons. The number of rotatable bonds is 5. The Morgan fingerprint density at radius 3 is 2.20 bits per heavy atom. The first-order valence-corrected chi connectivity index (χ1v) is 8.49. The quantitative estimate of drug-likeness (QED) is 0.395. The van der Waals surface area contributed by atoms with Crippen molar-refractivity contribution in [2.24, 2.45) is 0 Å². The predicted molar refractivity (Wildman–Crippen MR) is 107 cm³/mol. The molecule has 1 atom stereocenters. The fourth-order valence-electron chi connectivity index (χ4n) is 3.23. The smallest absolute Gasteiger partial charge is 0.406 e. The second kappa shape index (κ2) is 10.8. The average Bonchev–Trinajstić information content (AvgIpc) is 2.64. The first-order chi connectivity index (χ1) is 13.2. The van der Waals surface area contributed by atoms with Crippen LogP contribution >= 0.6 is 24.8 Å². The van der Waals surface area contributed by atoms with E-state index >= 15 is 0 Å². The monoisotopic (exact) mass is 471 g/mol.